The van der Waals surface area contributed by atoms with E-state index < -0.39 is 0 Å². The van der Waals surface area contributed by atoms with Crippen LogP contribution in [0.25, 0.3) is 0 Å². The number of hydrogen-bond acceptors (Lipinski definition) is 5. The lowest BCUT2D eigenvalue weighted by atomic mass is 10.1. The summed E-state index contributed by atoms with van der Waals surface area (Å²) >= 11 is 1.70. The van der Waals surface area contributed by atoms with Gasteiger partial charge >= 0.3 is 0 Å². The lowest BCUT2D eigenvalue weighted by Crippen LogP contribution is -2.33. The van der Waals surface area contributed by atoms with Crippen molar-refractivity contribution in [1.82, 2.24) is 4.98 Å². The van der Waals surface area contributed by atoms with E-state index in [0.717, 1.165) is 35.8 Å². The molecule has 0 saturated heterocycles. The Labute approximate surface area is 175 Å². The Morgan fingerprint density at radius 1 is 1.21 bits per heavy atom. The molecule has 1 aliphatic rings. The summed E-state index contributed by atoms with van der Waals surface area (Å²) < 4.78 is 6.26. The lowest BCUT2D eigenvalue weighted by molar-refractivity contribution is 0.0990. The summed E-state index contributed by atoms with van der Waals surface area (Å²) in [5.74, 6) is 0.745. The van der Waals surface area contributed by atoms with E-state index in [-0.39, 0.29) is 12.0 Å². The maximum absolute atomic E-state index is 13.3. The predicted octanol–water partition coefficient (Wildman–Crippen LogP) is 5.08. The van der Waals surface area contributed by atoms with Gasteiger partial charge < -0.3 is 14.5 Å². The average molecular weight is 408 g/mol. The zero-order valence-corrected chi connectivity index (χ0v) is 17.8. The number of carbonyl (C=O) groups is 1. The molecular formula is C23H25N3O2S. The number of carbonyl (C=O) groups excluding carboxylic acids is 1. The van der Waals surface area contributed by atoms with Crippen molar-refractivity contribution in [1.29, 1.82) is 0 Å². The van der Waals surface area contributed by atoms with Crippen molar-refractivity contribution in [2.24, 2.45) is 0 Å². The van der Waals surface area contributed by atoms with Crippen LogP contribution < -0.4 is 14.5 Å². The smallest absolute Gasteiger partial charge is 0.262 e. The van der Waals surface area contributed by atoms with Gasteiger partial charge in [-0.1, -0.05) is 19.1 Å². The fourth-order valence-corrected chi connectivity index (χ4v) is 4.43. The molecule has 1 atom stereocenters. The summed E-state index contributed by atoms with van der Waals surface area (Å²) in [6.07, 6.45) is 2.59. The zero-order valence-electron chi connectivity index (χ0n) is 17.0. The number of hydrogen-bond donors (Lipinski definition) is 0. The minimum Gasteiger partial charge on any atom is -0.485 e. The fourth-order valence-electron chi connectivity index (χ4n) is 3.60. The highest BCUT2D eigenvalue weighted by atomic mass is 32.1. The van der Waals surface area contributed by atoms with E-state index in [1.807, 2.05) is 55.3 Å². The molecule has 0 radical (unpaired) electrons. The topological polar surface area (TPSA) is 45.7 Å². The van der Waals surface area contributed by atoms with Crippen LogP contribution in [0.1, 0.15) is 40.4 Å². The molecule has 0 spiro atoms. The predicted molar refractivity (Wildman–Crippen MR) is 118 cm³/mol. The molecule has 0 bridgehead atoms. The van der Waals surface area contributed by atoms with Gasteiger partial charge in [0.1, 0.15) is 11.9 Å². The van der Waals surface area contributed by atoms with Gasteiger partial charge in [0.25, 0.3) is 5.91 Å². The number of nitrogens with zero attached hydrogens (tertiary/aromatic N) is 3. The fraction of sp³-hybridized carbons (Fsp3) is 0.304. The van der Waals surface area contributed by atoms with E-state index in [0.29, 0.717) is 12.1 Å². The van der Waals surface area contributed by atoms with Gasteiger partial charge in [-0.2, -0.15) is 0 Å². The second-order valence-corrected chi connectivity index (χ2v) is 8.23. The Kier molecular flexibility index (Phi) is 5.53. The van der Waals surface area contributed by atoms with E-state index in [9.17, 15) is 4.79 Å². The number of rotatable bonds is 5. The van der Waals surface area contributed by atoms with Gasteiger partial charge in [-0.3, -0.25) is 9.78 Å². The highest BCUT2D eigenvalue weighted by molar-refractivity contribution is 7.10. The molecule has 6 heteroatoms. The first kappa shape index (κ1) is 19.5. The summed E-state index contributed by atoms with van der Waals surface area (Å²) in [7, 11) is 2.02. The lowest BCUT2D eigenvalue weighted by Gasteiger charge is -2.23. The van der Waals surface area contributed by atoms with Crippen molar-refractivity contribution >= 4 is 28.6 Å². The molecule has 3 aromatic rings. The van der Waals surface area contributed by atoms with E-state index in [2.05, 4.69) is 28.3 Å². The van der Waals surface area contributed by atoms with Crippen LogP contribution in [-0.2, 0) is 0 Å². The number of benzene rings is 1. The third-order valence-electron chi connectivity index (χ3n) is 5.20. The number of amides is 1. The second kappa shape index (κ2) is 8.25. The molecule has 0 N–H and O–H groups in total. The number of thiophene rings is 1. The summed E-state index contributed by atoms with van der Waals surface area (Å²) in [4.78, 5) is 22.8. The van der Waals surface area contributed by atoms with Gasteiger partial charge in [0.05, 0.1) is 11.3 Å². The number of anilines is 2. The summed E-state index contributed by atoms with van der Waals surface area (Å²) in [6.45, 7) is 5.42. The Balaban J connectivity index is 1.62. The van der Waals surface area contributed by atoms with Gasteiger partial charge in [-0.15, -0.1) is 11.3 Å². The molecule has 0 saturated carbocycles. The third-order valence-corrected chi connectivity index (χ3v) is 6.17. The van der Waals surface area contributed by atoms with Gasteiger partial charge in [-0.05, 0) is 43.0 Å². The van der Waals surface area contributed by atoms with Crippen LogP contribution in [0, 0.1) is 6.92 Å². The molecule has 0 aliphatic carbocycles. The Hall–Kier alpha value is -2.86. The quantitative estimate of drug-likeness (QED) is 0.592. The molecule has 0 fully saturated rings. The molecule has 2 aromatic heterocycles. The van der Waals surface area contributed by atoms with Crippen molar-refractivity contribution in [2.45, 2.75) is 26.4 Å². The van der Waals surface area contributed by atoms with Gasteiger partial charge in [0.15, 0.2) is 0 Å². The normalized spacial score (nSPS) is 15.1. The van der Waals surface area contributed by atoms with E-state index in [1.165, 1.54) is 4.88 Å². The number of aromatic nitrogens is 1. The molecule has 4 rings (SSSR count). The van der Waals surface area contributed by atoms with Crippen LogP contribution in [0.5, 0.6) is 5.75 Å². The number of ether oxygens (including phenoxy) is 1. The zero-order chi connectivity index (χ0) is 20.4. The molecule has 1 aliphatic heterocycles. The van der Waals surface area contributed by atoms with Gasteiger partial charge in [-0.25, -0.2) is 0 Å². The Morgan fingerprint density at radius 3 is 2.83 bits per heavy atom. The molecule has 1 amide bonds. The molecule has 3 heterocycles. The molecule has 1 aromatic carbocycles. The van der Waals surface area contributed by atoms with Crippen LogP contribution in [0.2, 0.25) is 0 Å². The summed E-state index contributed by atoms with van der Waals surface area (Å²) in [5, 5.41) is 2.07. The van der Waals surface area contributed by atoms with Crippen LogP contribution in [0.15, 0.2) is 54.0 Å². The van der Waals surface area contributed by atoms with Crippen LogP contribution in [0.3, 0.4) is 0 Å². The van der Waals surface area contributed by atoms with E-state index in [1.54, 1.807) is 17.5 Å². The first-order valence-corrected chi connectivity index (χ1v) is 10.7. The Morgan fingerprint density at radius 2 is 2.07 bits per heavy atom. The van der Waals surface area contributed by atoms with Crippen molar-refractivity contribution in [2.75, 3.05) is 29.9 Å². The maximum Gasteiger partial charge on any atom is 0.262 e. The molecule has 5 nitrogen and oxygen atoms in total. The van der Waals surface area contributed by atoms with E-state index >= 15 is 0 Å². The SMILES string of the molecule is CCC(Oc1cccc(N2CCN(C)c3cc(C)ncc3C2=O)c1)c1cccs1. The largest absolute Gasteiger partial charge is 0.485 e. The number of fused-ring (bicyclic) bond motifs is 1. The van der Waals surface area contributed by atoms with Gasteiger partial charge in [0.2, 0.25) is 0 Å². The highest BCUT2D eigenvalue weighted by Gasteiger charge is 2.27. The number of pyridine rings is 1. The minimum atomic E-state index is -0.0284. The maximum atomic E-state index is 13.3. The standard InChI is InChI=1S/C23H25N3O2S/c1-4-21(22-9-6-12-29-22)28-18-8-5-7-17(14-18)26-11-10-25(3)20-13-16(2)24-15-19(20)23(26)27/h5-9,12-15,21H,4,10-11H2,1-3H3. The van der Waals surface area contributed by atoms with Crippen molar-refractivity contribution in [3.05, 3.63) is 70.2 Å². The highest BCUT2D eigenvalue weighted by Crippen LogP contribution is 2.32. The minimum absolute atomic E-state index is 0.0177. The van der Waals surface area contributed by atoms with Crippen molar-refractivity contribution in [3.8, 4) is 5.75 Å². The van der Waals surface area contributed by atoms with Crippen LogP contribution in [-0.4, -0.2) is 31.0 Å². The Bertz CT molecular complexity index is 1000. The van der Waals surface area contributed by atoms with Crippen molar-refractivity contribution in [3.63, 3.8) is 0 Å². The first-order valence-electron chi connectivity index (χ1n) is 9.86. The van der Waals surface area contributed by atoms with E-state index in [4.69, 9.17) is 4.74 Å². The third kappa shape index (κ3) is 3.98. The van der Waals surface area contributed by atoms with Crippen LogP contribution in [0.4, 0.5) is 11.4 Å². The number of aryl methyl sites for hydroxylation is 1. The number of likely N-dealkylation sites (N-methyl/N-ethyl adjacent to an activating group) is 1. The molecule has 29 heavy (non-hydrogen) atoms. The summed E-state index contributed by atoms with van der Waals surface area (Å²) in [6, 6.07) is 13.9. The van der Waals surface area contributed by atoms with Crippen LogP contribution >= 0.6 is 11.3 Å². The monoisotopic (exact) mass is 407 g/mol. The molecule has 150 valence electrons. The van der Waals surface area contributed by atoms with Gasteiger partial charge in [0, 0.05) is 48.7 Å². The molecule has 1 unspecified atom stereocenters. The van der Waals surface area contributed by atoms with Crippen molar-refractivity contribution < 1.29 is 9.53 Å². The summed E-state index contributed by atoms with van der Waals surface area (Å²) in [5.41, 5.74) is 3.31. The second-order valence-electron chi connectivity index (χ2n) is 7.25. The average Bonchev–Trinajstić information content (AvgIpc) is 3.23. The first-order chi connectivity index (χ1) is 14.1. The molecular weight excluding hydrogens is 382 g/mol.